The van der Waals surface area contributed by atoms with Crippen molar-refractivity contribution in [3.05, 3.63) is 59.7 Å². The highest BCUT2D eigenvalue weighted by Crippen LogP contribution is 2.23. The molecule has 2 rings (SSSR count). The van der Waals surface area contributed by atoms with Gasteiger partial charge in [0.25, 0.3) is 0 Å². The maximum absolute atomic E-state index is 5.54. The highest BCUT2D eigenvalue weighted by atomic mass is 16.5. The summed E-state index contributed by atoms with van der Waals surface area (Å²) in [6, 6.07) is 17.3. The first kappa shape index (κ1) is 15.4. The molecule has 2 heteroatoms. The molecule has 2 aromatic rings. The fourth-order valence-electron chi connectivity index (χ4n) is 2.44. The Morgan fingerprint density at radius 2 is 1.81 bits per heavy atom. The predicted molar refractivity (Wildman–Crippen MR) is 90.1 cm³/mol. The predicted octanol–water partition coefficient (Wildman–Crippen LogP) is 5.21. The van der Waals surface area contributed by atoms with Gasteiger partial charge in [0.05, 0.1) is 6.61 Å². The van der Waals surface area contributed by atoms with Crippen LogP contribution in [0.25, 0.3) is 0 Å². The molecule has 0 spiro atoms. The highest BCUT2D eigenvalue weighted by Gasteiger charge is 2.06. The molecule has 0 radical (unpaired) electrons. The number of nitrogens with one attached hydrogen (secondary N) is 1. The Morgan fingerprint density at radius 1 is 1.05 bits per heavy atom. The van der Waals surface area contributed by atoms with E-state index in [0.29, 0.717) is 6.61 Å². The first-order valence-electron chi connectivity index (χ1n) is 7.81. The van der Waals surface area contributed by atoms with E-state index in [-0.39, 0.29) is 6.04 Å². The average molecular weight is 283 g/mol. The first-order chi connectivity index (χ1) is 10.2. The second-order valence-corrected chi connectivity index (χ2v) is 5.32. The summed E-state index contributed by atoms with van der Waals surface area (Å²) < 4.78 is 5.54. The number of benzene rings is 2. The van der Waals surface area contributed by atoms with Gasteiger partial charge < -0.3 is 10.1 Å². The molecular formula is C19H25NO. The van der Waals surface area contributed by atoms with Crippen molar-refractivity contribution in [2.24, 2.45) is 0 Å². The summed E-state index contributed by atoms with van der Waals surface area (Å²) in [4.78, 5) is 0. The van der Waals surface area contributed by atoms with Crippen LogP contribution in [0.15, 0.2) is 48.5 Å². The normalized spacial score (nSPS) is 12.0. The van der Waals surface area contributed by atoms with Gasteiger partial charge >= 0.3 is 0 Å². The Morgan fingerprint density at radius 3 is 2.48 bits per heavy atom. The second kappa shape index (κ2) is 7.72. The van der Waals surface area contributed by atoms with E-state index in [4.69, 9.17) is 4.74 Å². The molecule has 0 saturated heterocycles. The minimum absolute atomic E-state index is 0.276. The van der Waals surface area contributed by atoms with Crippen molar-refractivity contribution in [2.75, 3.05) is 11.9 Å². The Hall–Kier alpha value is -1.96. The molecule has 0 aromatic heterocycles. The van der Waals surface area contributed by atoms with Crippen LogP contribution in [0.1, 0.15) is 44.4 Å². The van der Waals surface area contributed by atoms with E-state index in [0.717, 1.165) is 17.9 Å². The largest absolute Gasteiger partial charge is 0.494 e. The smallest absolute Gasteiger partial charge is 0.121 e. The zero-order chi connectivity index (χ0) is 15.1. The molecule has 21 heavy (non-hydrogen) atoms. The van der Waals surface area contributed by atoms with Gasteiger partial charge in [0.2, 0.25) is 0 Å². The molecule has 0 aliphatic heterocycles. The molecule has 0 bridgehead atoms. The summed E-state index contributed by atoms with van der Waals surface area (Å²) in [5.41, 5.74) is 3.80. The minimum atomic E-state index is 0.276. The van der Waals surface area contributed by atoms with Crippen molar-refractivity contribution in [2.45, 2.75) is 39.7 Å². The summed E-state index contributed by atoms with van der Waals surface area (Å²) in [6.07, 6.45) is 2.34. The topological polar surface area (TPSA) is 21.3 Å². The lowest BCUT2D eigenvalue weighted by Gasteiger charge is -2.17. The molecule has 0 aliphatic rings. The van der Waals surface area contributed by atoms with Gasteiger partial charge in [-0.3, -0.25) is 0 Å². The zero-order valence-corrected chi connectivity index (χ0v) is 13.2. The lowest BCUT2D eigenvalue weighted by Crippen LogP contribution is -2.06. The van der Waals surface area contributed by atoms with Gasteiger partial charge in [-0.25, -0.2) is 0 Å². The van der Waals surface area contributed by atoms with E-state index in [1.165, 1.54) is 17.5 Å². The standard InChI is InChI=1S/C19H25NO/c1-4-7-16-10-12-17(13-11-16)15(3)20-18-8-6-9-19(14-18)21-5-2/h6,8-15,20H,4-5,7H2,1-3H3. The second-order valence-electron chi connectivity index (χ2n) is 5.32. The first-order valence-corrected chi connectivity index (χ1v) is 7.81. The van der Waals surface area contributed by atoms with Crippen LogP contribution in [0.2, 0.25) is 0 Å². The van der Waals surface area contributed by atoms with Crippen LogP contribution in [-0.4, -0.2) is 6.61 Å². The van der Waals surface area contributed by atoms with Gasteiger partial charge in [-0.15, -0.1) is 0 Å². The number of rotatable bonds is 7. The maximum Gasteiger partial charge on any atom is 0.121 e. The van der Waals surface area contributed by atoms with Gasteiger partial charge in [-0.05, 0) is 43.5 Å². The fraction of sp³-hybridized carbons (Fsp3) is 0.368. The quantitative estimate of drug-likeness (QED) is 0.753. The molecule has 1 unspecified atom stereocenters. The maximum atomic E-state index is 5.54. The van der Waals surface area contributed by atoms with Crippen molar-refractivity contribution in [1.29, 1.82) is 0 Å². The third-order valence-electron chi connectivity index (χ3n) is 3.55. The fourth-order valence-corrected chi connectivity index (χ4v) is 2.44. The SMILES string of the molecule is CCCc1ccc(C(C)Nc2cccc(OCC)c2)cc1. The lowest BCUT2D eigenvalue weighted by atomic mass is 10.0. The van der Waals surface area contributed by atoms with Crippen molar-refractivity contribution < 1.29 is 4.74 Å². The molecule has 2 nitrogen and oxygen atoms in total. The average Bonchev–Trinajstić information content (AvgIpc) is 2.49. The molecule has 0 heterocycles. The number of hydrogen-bond acceptors (Lipinski definition) is 2. The highest BCUT2D eigenvalue weighted by molar-refractivity contribution is 5.49. The monoisotopic (exact) mass is 283 g/mol. The zero-order valence-electron chi connectivity index (χ0n) is 13.2. The van der Waals surface area contributed by atoms with E-state index in [1.807, 2.05) is 25.1 Å². The van der Waals surface area contributed by atoms with Crippen molar-refractivity contribution in [3.8, 4) is 5.75 Å². The molecule has 112 valence electrons. The molecule has 0 amide bonds. The summed E-state index contributed by atoms with van der Waals surface area (Å²) in [5, 5.41) is 3.53. The van der Waals surface area contributed by atoms with Crippen LogP contribution in [0.4, 0.5) is 5.69 Å². The summed E-state index contributed by atoms with van der Waals surface area (Å²) in [6.45, 7) is 7.09. The number of anilines is 1. The van der Waals surface area contributed by atoms with Gasteiger partial charge in [-0.1, -0.05) is 43.7 Å². The van der Waals surface area contributed by atoms with Crippen LogP contribution in [-0.2, 0) is 6.42 Å². The van der Waals surface area contributed by atoms with Crippen LogP contribution in [0.5, 0.6) is 5.75 Å². The number of aryl methyl sites for hydroxylation is 1. The van der Waals surface area contributed by atoms with E-state index >= 15 is 0 Å². The van der Waals surface area contributed by atoms with Gasteiger partial charge in [-0.2, -0.15) is 0 Å². The summed E-state index contributed by atoms with van der Waals surface area (Å²) in [7, 11) is 0. The minimum Gasteiger partial charge on any atom is -0.494 e. The lowest BCUT2D eigenvalue weighted by molar-refractivity contribution is 0.340. The summed E-state index contributed by atoms with van der Waals surface area (Å²) >= 11 is 0. The Kier molecular flexibility index (Phi) is 5.68. The van der Waals surface area contributed by atoms with E-state index in [2.05, 4.69) is 49.5 Å². The van der Waals surface area contributed by atoms with Crippen molar-refractivity contribution in [1.82, 2.24) is 0 Å². The summed E-state index contributed by atoms with van der Waals surface area (Å²) in [5.74, 6) is 0.910. The van der Waals surface area contributed by atoms with E-state index in [1.54, 1.807) is 0 Å². The van der Waals surface area contributed by atoms with Gasteiger partial charge in [0.15, 0.2) is 0 Å². The molecule has 0 fully saturated rings. The molecular weight excluding hydrogens is 258 g/mol. The van der Waals surface area contributed by atoms with Gasteiger partial charge in [0, 0.05) is 17.8 Å². The Balaban J connectivity index is 2.03. The van der Waals surface area contributed by atoms with Crippen LogP contribution < -0.4 is 10.1 Å². The van der Waals surface area contributed by atoms with Gasteiger partial charge in [0.1, 0.15) is 5.75 Å². The van der Waals surface area contributed by atoms with Crippen molar-refractivity contribution >= 4 is 5.69 Å². The molecule has 0 saturated carbocycles. The van der Waals surface area contributed by atoms with Crippen LogP contribution in [0.3, 0.4) is 0 Å². The number of ether oxygens (including phenoxy) is 1. The molecule has 0 aliphatic carbocycles. The Labute approximate surface area is 128 Å². The molecule has 1 N–H and O–H groups in total. The van der Waals surface area contributed by atoms with Crippen molar-refractivity contribution in [3.63, 3.8) is 0 Å². The third-order valence-corrected chi connectivity index (χ3v) is 3.55. The molecule has 2 aromatic carbocycles. The van der Waals surface area contributed by atoms with Crippen LogP contribution >= 0.6 is 0 Å². The van der Waals surface area contributed by atoms with E-state index in [9.17, 15) is 0 Å². The Bertz CT molecular complexity index is 548. The van der Waals surface area contributed by atoms with Crippen LogP contribution in [0, 0.1) is 0 Å². The molecule has 1 atom stereocenters. The van der Waals surface area contributed by atoms with E-state index < -0.39 is 0 Å². The third kappa shape index (κ3) is 4.52. The number of hydrogen-bond donors (Lipinski definition) is 1.